The average Bonchev–Trinajstić information content (AvgIpc) is 1.98. The number of carboxylic acids is 1. The maximum Gasteiger partial charge on any atom is 0.332 e. The summed E-state index contributed by atoms with van der Waals surface area (Å²) in [5.74, 6) is 0.928. The molecule has 0 aromatic carbocycles. The number of hydrogen-bond acceptors (Lipinski definition) is 2. The summed E-state index contributed by atoms with van der Waals surface area (Å²) in [5, 5.41) is 17.3. The van der Waals surface area contributed by atoms with Crippen molar-refractivity contribution in [1.82, 2.24) is 0 Å². The predicted molar refractivity (Wildman–Crippen MR) is 40.9 cm³/mol. The Balaban J connectivity index is 3.75. The van der Waals surface area contributed by atoms with E-state index >= 15 is 0 Å². The van der Waals surface area contributed by atoms with Gasteiger partial charge in [-0.3, -0.25) is 0 Å². The first-order valence-corrected chi connectivity index (χ1v) is 3.44. The quantitative estimate of drug-likeness (QED) is 0.582. The van der Waals surface area contributed by atoms with Crippen molar-refractivity contribution in [1.29, 1.82) is 0 Å². The molecule has 2 atom stereocenters. The van der Waals surface area contributed by atoms with E-state index in [1.807, 2.05) is 0 Å². The van der Waals surface area contributed by atoms with Crippen molar-refractivity contribution in [3.8, 4) is 12.3 Å². The molecule has 0 saturated carbocycles. The van der Waals surface area contributed by atoms with Crippen LogP contribution in [0, 0.1) is 18.3 Å². The van der Waals surface area contributed by atoms with Gasteiger partial charge in [0.25, 0.3) is 0 Å². The topological polar surface area (TPSA) is 57.5 Å². The van der Waals surface area contributed by atoms with Gasteiger partial charge in [-0.15, -0.1) is 12.3 Å². The Morgan fingerprint density at radius 2 is 2.27 bits per heavy atom. The van der Waals surface area contributed by atoms with Crippen molar-refractivity contribution in [3.05, 3.63) is 0 Å². The number of rotatable bonds is 4. The third-order valence-electron chi connectivity index (χ3n) is 1.54. The van der Waals surface area contributed by atoms with Crippen molar-refractivity contribution in [3.63, 3.8) is 0 Å². The van der Waals surface area contributed by atoms with Crippen LogP contribution in [0.1, 0.15) is 19.8 Å². The average molecular weight is 156 g/mol. The molecular weight excluding hydrogens is 144 g/mol. The van der Waals surface area contributed by atoms with Gasteiger partial charge >= 0.3 is 5.97 Å². The number of carbonyl (C=O) groups is 1. The Labute approximate surface area is 66.0 Å². The van der Waals surface area contributed by atoms with Gasteiger partial charge in [0.05, 0.1) is 0 Å². The second-order valence-electron chi connectivity index (χ2n) is 2.50. The van der Waals surface area contributed by atoms with Crippen molar-refractivity contribution < 1.29 is 15.0 Å². The zero-order valence-electron chi connectivity index (χ0n) is 6.45. The minimum atomic E-state index is -1.29. The van der Waals surface area contributed by atoms with Crippen LogP contribution in [0.5, 0.6) is 0 Å². The Kier molecular flexibility index (Phi) is 4.32. The van der Waals surface area contributed by atoms with Crippen LogP contribution in [-0.4, -0.2) is 22.3 Å². The number of aliphatic carboxylic acids is 1. The summed E-state index contributed by atoms with van der Waals surface area (Å²) in [4.78, 5) is 10.2. The van der Waals surface area contributed by atoms with Gasteiger partial charge in [0.1, 0.15) is 0 Å². The molecule has 0 unspecified atom stereocenters. The minimum Gasteiger partial charge on any atom is -0.479 e. The lowest BCUT2D eigenvalue weighted by Crippen LogP contribution is -2.27. The molecule has 0 aromatic rings. The minimum absolute atomic E-state index is 0.274. The molecule has 0 fully saturated rings. The lowest BCUT2D eigenvalue weighted by molar-refractivity contribution is -0.149. The second kappa shape index (κ2) is 4.75. The van der Waals surface area contributed by atoms with Crippen molar-refractivity contribution in [2.24, 2.45) is 5.92 Å². The molecule has 3 heteroatoms. The molecule has 0 radical (unpaired) electrons. The van der Waals surface area contributed by atoms with Crippen LogP contribution in [0.25, 0.3) is 0 Å². The molecule has 0 aliphatic rings. The van der Waals surface area contributed by atoms with Crippen LogP contribution < -0.4 is 0 Å². The van der Waals surface area contributed by atoms with Crippen LogP contribution >= 0.6 is 0 Å². The van der Waals surface area contributed by atoms with E-state index in [1.165, 1.54) is 0 Å². The monoisotopic (exact) mass is 156 g/mol. The molecule has 0 aromatic heterocycles. The zero-order valence-corrected chi connectivity index (χ0v) is 6.45. The molecular formula is C8H12O3. The Morgan fingerprint density at radius 1 is 1.73 bits per heavy atom. The highest BCUT2D eigenvalue weighted by atomic mass is 16.4. The highest BCUT2D eigenvalue weighted by Crippen LogP contribution is 2.09. The number of aliphatic hydroxyl groups is 1. The van der Waals surface area contributed by atoms with Crippen molar-refractivity contribution >= 4 is 5.97 Å². The summed E-state index contributed by atoms with van der Waals surface area (Å²) >= 11 is 0. The summed E-state index contributed by atoms with van der Waals surface area (Å²) in [6, 6.07) is 0. The highest BCUT2D eigenvalue weighted by Gasteiger charge is 2.20. The van der Waals surface area contributed by atoms with E-state index in [0.717, 1.165) is 0 Å². The highest BCUT2D eigenvalue weighted by molar-refractivity contribution is 5.72. The molecule has 0 saturated heterocycles. The fourth-order valence-electron chi connectivity index (χ4n) is 0.712. The molecule has 62 valence electrons. The number of terminal acetylenes is 1. The maximum absolute atomic E-state index is 10.2. The van der Waals surface area contributed by atoms with E-state index in [-0.39, 0.29) is 5.92 Å². The molecule has 0 rings (SSSR count). The standard InChI is InChI=1S/C8H12O3/c1-3-4-5-6(2)7(9)8(10)11/h1,6-7,9H,4-5H2,2H3,(H,10,11)/t6-,7+/m0/s1. The molecule has 0 bridgehead atoms. The summed E-state index contributed by atoms with van der Waals surface area (Å²) in [6.07, 6.45) is 4.74. The first-order valence-electron chi connectivity index (χ1n) is 3.44. The van der Waals surface area contributed by atoms with E-state index in [2.05, 4.69) is 5.92 Å². The fraction of sp³-hybridized carbons (Fsp3) is 0.625. The second-order valence-corrected chi connectivity index (χ2v) is 2.50. The smallest absolute Gasteiger partial charge is 0.332 e. The molecule has 0 aliphatic heterocycles. The van der Waals surface area contributed by atoms with E-state index in [4.69, 9.17) is 16.6 Å². The third-order valence-corrected chi connectivity index (χ3v) is 1.54. The Bertz CT molecular complexity index is 169. The number of hydrogen-bond donors (Lipinski definition) is 2. The van der Waals surface area contributed by atoms with E-state index in [9.17, 15) is 4.79 Å². The molecule has 0 spiro atoms. The van der Waals surface area contributed by atoms with Crippen LogP contribution in [-0.2, 0) is 4.79 Å². The predicted octanol–water partition coefficient (Wildman–Crippen LogP) is 0.481. The molecule has 0 heterocycles. The van der Waals surface area contributed by atoms with Crippen LogP contribution in [0.3, 0.4) is 0 Å². The zero-order chi connectivity index (χ0) is 8.85. The molecule has 2 N–H and O–H groups in total. The summed E-state index contributed by atoms with van der Waals surface area (Å²) < 4.78 is 0. The van der Waals surface area contributed by atoms with E-state index in [0.29, 0.717) is 12.8 Å². The Morgan fingerprint density at radius 3 is 2.64 bits per heavy atom. The van der Waals surface area contributed by atoms with Gasteiger partial charge in [-0.1, -0.05) is 6.92 Å². The first-order chi connectivity index (χ1) is 5.09. The maximum atomic E-state index is 10.2. The first kappa shape index (κ1) is 9.99. The van der Waals surface area contributed by atoms with Crippen molar-refractivity contribution in [2.45, 2.75) is 25.9 Å². The van der Waals surface area contributed by atoms with Crippen LogP contribution in [0.15, 0.2) is 0 Å². The molecule has 0 amide bonds. The SMILES string of the molecule is C#CCC[C@H](C)[C@@H](O)C(=O)O. The van der Waals surface area contributed by atoms with Gasteiger partial charge in [0.15, 0.2) is 6.10 Å². The van der Waals surface area contributed by atoms with E-state index in [1.54, 1.807) is 6.92 Å². The largest absolute Gasteiger partial charge is 0.479 e. The number of carboxylic acid groups (broad SMARTS) is 1. The van der Waals surface area contributed by atoms with Gasteiger partial charge in [0, 0.05) is 6.42 Å². The summed E-state index contributed by atoms with van der Waals surface area (Å²) in [5.41, 5.74) is 0. The lowest BCUT2D eigenvalue weighted by Gasteiger charge is -2.12. The summed E-state index contributed by atoms with van der Waals surface area (Å²) in [6.45, 7) is 1.66. The van der Waals surface area contributed by atoms with E-state index < -0.39 is 12.1 Å². The van der Waals surface area contributed by atoms with Gasteiger partial charge in [-0.05, 0) is 12.3 Å². The molecule has 11 heavy (non-hydrogen) atoms. The molecule has 0 aliphatic carbocycles. The van der Waals surface area contributed by atoms with Crippen LogP contribution in [0.4, 0.5) is 0 Å². The normalized spacial score (nSPS) is 15.0. The third kappa shape index (κ3) is 3.64. The van der Waals surface area contributed by atoms with Gasteiger partial charge in [0.2, 0.25) is 0 Å². The van der Waals surface area contributed by atoms with Crippen LogP contribution in [0.2, 0.25) is 0 Å². The lowest BCUT2D eigenvalue weighted by atomic mass is 9.99. The summed E-state index contributed by atoms with van der Waals surface area (Å²) in [7, 11) is 0. The Hall–Kier alpha value is -1.01. The van der Waals surface area contributed by atoms with Gasteiger partial charge in [-0.2, -0.15) is 0 Å². The molecule has 3 nitrogen and oxygen atoms in total. The fourth-order valence-corrected chi connectivity index (χ4v) is 0.712. The van der Waals surface area contributed by atoms with Gasteiger partial charge < -0.3 is 10.2 Å². The van der Waals surface area contributed by atoms with Crippen molar-refractivity contribution in [2.75, 3.05) is 0 Å². The van der Waals surface area contributed by atoms with Gasteiger partial charge in [-0.25, -0.2) is 4.79 Å². The number of aliphatic hydroxyl groups excluding tert-OH is 1.